The fourth-order valence-corrected chi connectivity index (χ4v) is 1.85. The molecule has 2 aromatic rings. The summed E-state index contributed by atoms with van der Waals surface area (Å²) < 4.78 is 13.2. The first-order valence-electron chi connectivity index (χ1n) is 5.50. The molecule has 0 saturated carbocycles. The van der Waals surface area contributed by atoms with Crippen molar-refractivity contribution in [2.24, 2.45) is 0 Å². The van der Waals surface area contributed by atoms with E-state index in [1.54, 1.807) is 12.1 Å². The second-order valence-electron chi connectivity index (χ2n) is 4.07. The number of rotatable bonds is 3. The molecule has 0 unspecified atom stereocenters. The molecule has 0 amide bonds. The van der Waals surface area contributed by atoms with E-state index in [9.17, 15) is 4.39 Å². The third kappa shape index (κ3) is 3.15. The highest BCUT2D eigenvalue weighted by molar-refractivity contribution is 6.31. The molecule has 94 valence electrons. The summed E-state index contributed by atoms with van der Waals surface area (Å²) in [5.74, 6) is -0.405. The van der Waals surface area contributed by atoms with E-state index in [1.165, 1.54) is 6.07 Å². The van der Waals surface area contributed by atoms with Gasteiger partial charge < -0.3 is 5.32 Å². The van der Waals surface area contributed by atoms with Gasteiger partial charge in [0.05, 0.1) is 5.02 Å². The highest BCUT2D eigenvalue weighted by Crippen LogP contribution is 2.21. The highest BCUT2D eigenvalue weighted by atomic mass is 35.5. The first-order chi connectivity index (χ1) is 8.56. The third-order valence-electron chi connectivity index (χ3n) is 2.65. The Bertz CT molecular complexity index is 518. The monoisotopic (exact) mass is 283 g/mol. The van der Waals surface area contributed by atoms with Crippen molar-refractivity contribution in [2.75, 3.05) is 5.32 Å². The predicted molar refractivity (Wildman–Crippen MR) is 74.9 cm³/mol. The molecule has 18 heavy (non-hydrogen) atoms. The van der Waals surface area contributed by atoms with Gasteiger partial charge in [-0.2, -0.15) is 0 Å². The van der Waals surface area contributed by atoms with Crippen LogP contribution in [0.25, 0.3) is 0 Å². The minimum Gasteiger partial charge on any atom is -0.381 e. The Balaban J connectivity index is 2.06. The zero-order valence-corrected chi connectivity index (χ0v) is 11.3. The lowest BCUT2D eigenvalue weighted by molar-refractivity contribution is 0.626. The Morgan fingerprint density at radius 3 is 2.50 bits per heavy atom. The molecule has 4 heteroatoms. The second-order valence-corrected chi connectivity index (χ2v) is 4.88. The zero-order valence-electron chi connectivity index (χ0n) is 9.81. The van der Waals surface area contributed by atoms with Crippen molar-refractivity contribution in [2.45, 2.75) is 13.5 Å². The molecule has 0 saturated heterocycles. The van der Waals surface area contributed by atoms with Gasteiger partial charge in [0.25, 0.3) is 0 Å². The molecular formula is C14H12Cl2FN. The summed E-state index contributed by atoms with van der Waals surface area (Å²) in [7, 11) is 0. The summed E-state index contributed by atoms with van der Waals surface area (Å²) >= 11 is 11.6. The minimum absolute atomic E-state index is 0.136. The maximum absolute atomic E-state index is 13.2. The number of hydrogen-bond acceptors (Lipinski definition) is 1. The molecule has 0 atom stereocenters. The van der Waals surface area contributed by atoms with E-state index in [0.717, 1.165) is 16.8 Å². The van der Waals surface area contributed by atoms with Gasteiger partial charge in [0.15, 0.2) is 0 Å². The zero-order chi connectivity index (χ0) is 13.1. The Labute approximate surface area is 116 Å². The summed E-state index contributed by atoms with van der Waals surface area (Å²) in [6.45, 7) is 2.47. The van der Waals surface area contributed by atoms with Crippen molar-refractivity contribution in [3.63, 3.8) is 0 Å². The Morgan fingerprint density at radius 1 is 1.06 bits per heavy atom. The van der Waals surface area contributed by atoms with Crippen LogP contribution in [0.3, 0.4) is 0 Å². The lowest BCUT2D eigenvalue weighted by Crippen LogP contribution is -2.00. The number of halogens is 3. The highest BCUT2D eigenvalue weighted by Gasteiger charge is 2.02. The topological polar surface area (TPSA) is 12.0 Å². The number of anilines is 1. The van der Waals surface area contributed by atoms with Crippen LogP contribution in [0.4, 0.5) is 10.1 Å². The molecule has 1 nitrogen and oxygen atoms in total. The molecule has 0 heterocycles. The molecular weight excluding hydrogens is 272 g/mol. The third-order valence-corrected chi connectivity index (χ3v) is 3.37. The van der Waals surface area contributed by atoms with E-state index in [2.05, 4.69) is 5.32 Å². The van der Waals surface area contributed by atoms with Gasteiger partial charge in [0, 0.05) is 17.3 Å². The number of nitrogens with one attached hydrogen (secondary N) is 1. The minimum atomic E-state index is -0.405. The van der Waals surface area contributed by atoms with Crippen LogP contribution in [-0.2, 0) is 6.54 Å². The SMILES string of the molecule is Cc1ccc(NCc2ccc(Cl)c(F)c2)cc1Cl. The van der Waals surface area contributed by atoms with E-state index < -0.39 is 5.82 Å². The summed E-state index contributed by atoms with van der Waals surface area (Å²) in [5, 5.41) is 4.03. The summed E-state index contributed by atoms with van der Waals surface area (Å²) in [5.41, 5.74) is 2.76. The lowest BCUT2D eigenvalue weighted by atomic mass is 10.2. The number of aryl methyl sites for hydroxylation is 1. The van der Waals surface area contributed by atoms with Crippen molar-refractivity contribution in [1.29, 1.82) is 0 Å². The Morgan fingerprint density at radius 2 is 1.83 bits per heavy atom. The van der Waals surface area contributed by atoms with Crippen LogP contribution in [0.5, 0.6) is 0 Å². The van der Waals surface area contributed by atoms with E-state index in [4.69, 9.17) is 23.2 Å². The normalized spacial score (nSPS) is 10.4. The van der Waals surface area contributed by atoms with Crippen molar-refractivity contribution >= 4 is 28.9 Å². The van der Waals surface area contributed by atoms with Crippen LogP contribution in [0.15, 0.2) is 36.4 Å². The summed E-state index contributed by atoms with van der Waals surface area (Å²) in [4.78, 5) is 0. The fourth-order valence-electron chi connectivity index (χ4n) is 1.56. The largest absolute Gasteiger partial charge is 0.381 e. The van der Waals surface area contributed by atoms with Crippen LogP contribution in [-0.4, -0.2) is 0 Å². The van der Waals surface area contributed by atoms with Crippen LogP contribution in [0.1, 0.15) is 11.1 Å². The van der Waals surface area contributed by atoms with Gasteiger partial charge in [-0.3, -0.25) is 0 Å². The first-order valence-corrected chi connectivity index (χ1v) is 6.26. The Hall–Kier alpha value is -1.25. The average Bonchev–Trinajstić information content (AvgIpc) is 2.35. The van der Waals surface area contributed by atoms with E-state index in [-0.39, 0.29) is 5.02 Å². The lowest BCUT2D eigenvalue weighted by Gasteiger charge is -2.08. The molecule has 0 radical (unpaired) electrons. The van der Waals surface area contributed by atoms with Crippen molar-refractivity contribution in [3.8, 4) is 0 Å². The smallest absolute Gasteiger partial charge is 0.142 e. The van der Waals surface area contributed by atoms with Crippen LogP contribution in [0.2, 0.25) is 10.0 Å². The molecule has 0 bridgehead atoms. The molecule has 2 aromatic carbocycles. The van der Waals surface area contributed by atoms with E-state index in [1.807, 2.05) is 25.1 Å². The van der Waals surface area contributed by atoms with Gasteiger partial charge in [0.2, 0.25) is 0 Å². The molecule has 0 aliphatic carbocycles. The van der Waals surface area contributed by atoms with Crippen molar-refractivity contribution < 1.29 is 4.39 Å². The molecule has 2 rings (SSSR count). The number of hydrogen-bond donors (Lipinski definition) is 1. The average molecular weight is 284 g/mol. The number of benzene rings is 2. The van der Waals surface area contributed by atoms with Gasteiger partial charge in [0.1, 0.15) is 5.82 Å². The second kappa shape index (κ2) is 5.59. The first kappa shape index (κ1) is 13.2. The van der Waals surface area contributed by atoms with Gasteiger partial charge in [-0.15, -0.1) is 0 Å². The van der Waals surface area contributed by atoms with E-state index >= 15 is 0 Å². The molecule has 0 aliphatic heterocycles. The molecule has 0 spiro atoms. The van der Waals surface area contributed by atoms with Gasteiger partial charge in [-0.25, -0.2) is 4.39 Å². The standard InChI is InChI=1S/C14H12Cl2FN/c1-9-2-4-11(7-13(9)16)18-8-10-3-5-12(15)14(17)6-10/h2-7,18H,8H2,1H3. The van der Waals surface area contributed by atoms with Crippen molar-refractivity contribution in [1.82, 2.24) is 0 Å². The fraction of sp³-hybridized carbons (Fsp3) is 0.143. The molecule has 0 aromatic heterocycles. The van der Waals surface area contributed by atoms with Gasteiger partial charge >= 0.3 is 0 Å². The predicted octanol–water partition coefficient (Wildman–Crippen LogP) is 5.05. The maximum atomic E-state index is 13.2. The summed E-state index contributed by atoms with van der Waals surface area (Å²) in [6, 6.07) is 10.5. The summed E-state index contributed by atoms with van der Waals surface area (Å²) in [6.07, 6.45) is 0. The van der Waals surface area contributed by atoms with Crippen molar-refractivity contribution in [3.05, 3.63) is 63.4 Å². The van der Waals surface area contributed by atoms with Crippen LogP contribution >= 0.6 is 23.2 Å². The van der Waals surface area contributed by atoms with Gasteiger partial charge in [-0.1, -0.05) is 35.3 Å². The maximum Gasteiger partial charge on any atom is 0.142 e. The van der Waals surface area contributed by atoms with Crippen LogP contribution in [0, 0.1) is 12.7 Å². The van der Waals surface area contributed by atoms with E-state index in [0.29, 0.717) is 11.6 Å². The Kier molecular flexibility index (Phi) is 4.10. The molecule has 0 fully saturated rings. The van der Waals surface area contributed by atoms with Crippen LogP contribution < -0.4 is 5.32 Å². The molecule has 0 aliphatic rings. The van der Waals surface area contributed by atoms with Gasteiger partial charge in [-0.05, 0) is 42.3 Å². The quantitative estimate of drug-likeness (QED) is 0.831. The molecule has 1 N–H and O–H groups in total.